The first kappa shape index (κ1) is 51.1. The van der Waals surface area contributed by atoms with Gasteiger partial charge in [0.05, 0.1) is 53.4 Å². The SMILES string of the molecule is C=Cc1ccc2cc(S(=O)(=O)CC)c(-c3c(Cl)c4ncc(C)cc4n3C(=O)OC(C)(C)C)nc2c1.CCS(=O)(=O)c1cc2ccc(Br)cc2nc1-c1c(Cl)c2ncc(C)cc2n1C(=O)OC(C)(C)C. The first-order chi connectivity index (χ1) is 32.2. The van der Waals surface area contributed by atoms with Gasteiger partial charge in [0, 0.05) is 27.6 Å². The van der Waals surface area contributed by atoms with Crippen molar-refractivity contribution >= 4 is 121 Å². The largest absolute Gasteiger partial charge is 0.443 e. The highest BCUT2D eigenvalue weighted by Crippen LogP contribution is 2.42. The minimum absolute atomic E-state index is 0.0175. The van der Waals surface area contributed by atoms with Crippen LogP contribution in [0.4, 0.5) is 9.59 Å². The number of carbonyl (C=O) groups excluding carboxylic acids is 2. The summed E-state index contributed by atoms with van der Waals surface area (Å²) in [4.78, 5) is 45.1. The first-order valence-electron chi connectivity index (χ1n) is 21.6. The molecular weight excluding hydrogens is 1030 g/mol. The number of ether oxygens (including phenoxy) is 2. The molecule has 0 spiro atoms. The Morgan fingerprint density at radius 3 is 1.46 bits per heavy atom. The summed E-state index contributed by atoms with van der Waals surface area (Å²) in [6.07, 6.45) is 3.52. The normalized spacial score (nSPS) is 12.4. The van der Waals surface area contributed by atoms with Gasteiger partial charge in [-0.3, -0.25) is 9.97 Å². The maximum absolute atomic E-state index is 13.5. The van der Waals surface area contributed by atoms with Gasteiger partial charge in [-0.05, 0) is 115 Å². The van der Waals surface area contributed by atoms with E-state index < -0.39 is 43.1 Å². The Balaban J connectivity index is 0.000000204. The number of hydrogen-bond donors (Lipinski definition) is 0. The summed E-state index contributed by atoms with van der Waals surface area (Å²) in [5.74, 6) is -0.301. The van der Waals surface area contributed by atoms with Gasteiger partial charge in [-0.25, -0.2) is 45.5 Å². The molecule has 0 saturated heterocycles. The fourth-order valence-electron chi connectivity index (χ4n) is 7.40. The minimum atomic E-state index is -3.75. The topological polar surface area (TPSA) is 182 Å². The Morgan fingerprint density at radius 1 is 0.667 bits per heavy atom. The Morgan fingerprint density at radius 2 is 1.07 bits per heavy atom. The lowest BCUT2D eigenvalue weighted by molar-refractivity contribution is 0.0535. The number of rotatable bonds is 7. The second-order valence-corrected chi connectivity index (χ2v) is 24.4. The molecule has 0 amide bonds. The molecule has 69 heavy (non-hydrogen) atoms. The van der Waals surface area contributed by atoms with Gasteiger partial charge in [-0.1, -0.05) is 83.8 Å². The van der Waals surface area contributed by atoms with Crippen molar-refractivity contribution in [1.82, 2.24) is 29.1 Å². The van der Waals surface area contributed by atoms with Gasteiger partial charge in [0.2, 0.25) is 0 Å². The maximum Gasteiger partial charge on any atom is 0.419 e. The molecule has 19 heteroatoms. The van der Waals surface area contributed by atoms with Crippen molar-refractivity contribution < 1.29 is 35.9 Å². The Kier molecular flexibility index (Phi) is 14.0. The van der Waals surface area contributed by atoms with E-state index in [0.29, 0.717) is 43.9 Å². The zero-order valence-corrected chi connectivity index (χ0v) is 44.3. The first-order valence-corrected chi connectivity index (χ1v) is 26.5. The second-order valence-electron chi connectivity index (χ2n) is 18.2. The standard InChI is InChI=1S/C26H26ClN3O4S.C24H23BrClN3O4S/c1-7-16-9-10-17-13-20(35(32,33)8-2)23(29-18(17)12-16)24-21(27)22-19(11-15(3)14-28-22)30(24)25(31)34-26(4,5)6;1-6-34(31,32)18-10-14-7-8-15(25)11-16(14)28-21(18)22-19(26)20-17(9-13(2)12-27-20)29(22)23(30)33-24(3,4)5/h7,9-14H,1,8H2,2-6H3;7-12H,6H2,1-5H3. The summed E-state index contributed by atoms with van der Waals surface area (Å²) in [7, 11) is -7.49. The molecule has 0 fully saturated rings. The number of halogens is 3. The summed E-state index contributed by atoms with van der Waals surface area (Å²) in [5.41, 5.74) is 3.77. The lowest BCUT2D eigenvalue weighted by atomic mass is 10.1. The predicted molar refractivity (Wildman–Crippen MR) is 277 cm³/mol. The molecule has 0 aliphatic rings. The van der Waals surface area contributed by atoms with Gasteiger partial charge in [0.1, 0.15) is 45.0 Å². The van der Waals surface area contributed by atoms with E-state index in [2.05, 4.69) is 37.5 Å². The number of sulfone groups is 2. The molecule has 0 aliphatic heterocycles. The van der Waals surface area contributed by atoms with Crippen LogP contribution in [0.5, 0.6) is 0 Å². The van der Waals surface area contributed by atoms with Crippen LogP contribution in [0.25, 0.3) is 72.7 Å². The van der Waals surface area contributed by atoms with E-state index >= 15 is 0 Å². The predicted octanol–water partition coefficient (Wildman–Crippen LogP) is 13.0. The smallest absolute Gasteiger partial charge is 0.419 e. The molecule has 8 aromatic rings. The van der Waals surface area contributed by atoms with Crippen LogP contribution in [0.1, 0.15) is 72.1 Å². The lowest BCUT2D eigenvalue weighted by Crippen LogP contribution is -2.27. The van der Waals surface area contributed by atoms with Gasteiger partial charge in [-0.2, -0.15) is 0 Å². The monoisotopic (exact) mass is 1070 g/mol. The number of benzene rings is 2. The van der Waals surface area contributed by atoms with Crippen molar-refractivity contribution in [2.75, 3.05) is 11.5 Å². The van der Waals surface area contributed by atoms with Crippen molar-refractivity contribution in [3.8, 4) is 22.8 Å². The van der Waals surface area contributed by atoms with Gasteiger partial charge < -0.3 is 9.47 Å². The Labute approximate surface area is 418 Å². The summed E-state index contributed by atoms with van der Waals surface area (Å²) < 4.78 is 67.4. The van der Waals surface area contributed by atoms with Crippen LogP contribution in [-0.4, -0.2) is 80.8 Å². The van der Waals surface area contributed by atoms with E-state index in [9.17, 15) is 26.4 Å². The molecule has 0 N–H and O–H groups in total. The fraction of sp³-hybridized carbons (Fsp3) is 0.280. The third kappa shape index (κ3) is 10.3. The minimum Gasteiger partial charge on any atom is -0.443 e. The molecule has 0 unspecified atom stereocenters. The van der Waals surface area contributed by atoms with Crippen LogP contribution in [0, 0.1) is 13.8 Å². The average molecular weight is 1080 g/mol. The lowest BCUT2D eigenvalue weighted by Gasteiger charge is -2.21. The quantitative estimate of drug-likeness (QED) is 0.147. The summed E-state index contributed by atoms with van der Waals surface area (Å²) in [6, 6.07) is 17.4. The molecule has 0 radical (unpaired) electrons. The number of aryl methyl sites for hydroxylation is 2. The highest BCUT2D eigenvalue weighted by atomic mass is 79.9. The second kappa shape index (κ2) is 18.9. The molecule has 0 aliphatic carbocycles. The van der Waals surface area contributed by atoms with Crippen LogP contribution in [0.15, 0.2) is 93.9 Å². The number of pyridine rings is 4. The summed E-state index contributed by atoms with van der Waals surface area (Å²) in [6.45, 7) is 21.1. The molecule has 360 valence electrons. The number of carbonyl (C=O) groups is 2. The van der Waals surface area contributed by atoms with E-state index in [1.165, 1.54) is 9.13 Å². The fourth-order valence-corrected chi connectivity index (χ4v) is 10.5. The number of nitrogens with zero attached hydrogens (tertiary/aromatic N) is 6. The summed E-state index contributed by atoms with van der Waals surface area (Å²) in [5, 5.41) is 1.51. The molecule has 8 rings (SSSR count). The van der Waals surface area contributed by atoms with Crippen LogP contribution < -0.4 is 0 Å². The van der Waals surface area contributed by atoms with Crippen molar-refractivity contribution in [2.24, 2.45) is 0 Å². The van der Waals surface area contributed by atoms with E-state index in [4.69, 9.17) is 37.7 Å². The van der Waals surface area contributed by atoms with Gasteiger partial charge in [0.15, 0.2) is 19.7 Å². The van der Waals surface area contributed by atoms with Crippen LogP contribution >= 0.6 is 39.1 Å². The number of hydrogen-bond acceptors (Lipinski definition) is 12. The molecule has 6 aromatic heterocycles. The van der Waals surface area contributed by atoms with E-state index in [0.717, 1.165) is 21.2 Å². The molecule has 0 atom stereocenters. The third-order valence-corrected chi connectivity index (χ3v) is 15.3. The Hall–Kier alpha value is -5.72. The van der Waals surface area contributed by atoms with Crippen LogP contribution in [0.3, 0.4) is 0 Å². The zero-order chi connectivity index (χ0) is 50.7. The highest BCUT2D eigenvalue weighted by Gasteiger charge is 2.33. The van der Waals surface area contributed by atoms with Crippen LogP contribution in [0.2, 0.25) is 10.0 Å². The number of fused-ring (bicyclic) bond motifs is 4. The van der Waals surface area contributed by atoms with E-state index in [1.807, 2.05) is 26.0 Å². The average Bonchev–Trinajstić information content (AvgIpc) is 3.72. The molecular formula is C50H49BrCl2N6O8S2. The Bertz CT molecular complexity index is 3670. The third-order valence-electron chi connectivity index (χ3n) is 10.6. The van der Waals surface area contributed by atoms with Crippen molar-refractivity contribution in [2.45, 2.75) is 90.2 Å². The maximum atomic E-state index is 13.5. The van der Waals surface area contributed by atoms with Gasteiger partial charge in [0.25, 0.3) is 0 Å². The van der Waals surface area contributed by atoms with E-state index in [-0.39, 0.29) is 54.1 Å². The number of aromatic nitrogens is 6. The van der Waals surface area contributed by atoms with Gasteiger partial charge >= 0.3 is 12.2 Å². The highest BCUT2D eigenvalue weighted by molar-refractivity contribution is 9.10. The van der Waals surface area contributed by atoms with Crippen molar-refractivity contribution in [1.29, 1.82) is 0 Å². The van der Waals surface area contributed by atoms with Gasteiger partial charge in [-0.15, -0.1) is 0 Å². The van der Waals surface area contributed by atoms with Crippen LogP contribution in [-0.2, 0) is 29.1 Å². The molecule has 0 saturated carbocycles. The zero-order valence-electron chi connectivity index (χ0n) is 39.5. The molecule has 2 aromatic carbocycles. The van der Waals surface area contributed by atoms with E-state index in [1.54, 1.807) is 122 Å². The molecule has 6 heterocycles. The molecule has 14 nitrogen and oxygen atoms in total. The summed E-state index contributed by atoms with van der Waals surface area (Å²) >= 11 is 17.0. The molecule has 0 bridgehead atoms. The van der Waals surface area contributed by atoms with Crippen molar-refractivity contribution in [3.63, 3.8) is 0 Å². The van der Waals surface area contributed by atoms with Crippen molar-refractivity contribution in [3.05, 3.63) is 111 Å².